The fourth-order valence-electron chi connectivity index (χ4n) is 4.52. The molecule has 1 atom stereocenters. The largest absolute Gasteiger partial charge is 0.497 e. The zero-order valence-corrected chi connectivity index (χ0v) is 22.5. The van der Waals surface area contributed by atoms with E-state index in [9.17, 15) is 28.4 Å². The molecule has 5 amide bonds. The van der Waals surface area contributed by atoms with Gasteiger partial charge in [-0.3, -0.25) is 34.2 Å². The molecule has 0 spiro atoms. The van der Waals surface area contributed by atoms with E-state index < -0.39 is 41.4 Å². The number of rotatable bonds is 14. The summed E-state index contributed by atoms with van der Waals surface area (Å²) in [6.07, 6.45) is 0.751. The fraction of sp³-hybridized carbons (Fsp3) is 0.393. The number of carbonyl (C=O) groups is 5. The molecule has 2 aliphatic heterocycles. The number of piperidine rings is 1. The van der Waals surface area contributed by atoms with Gasteiger partial charge in [-0.15, -0.1) is 0 Å². The smallest absolute Gasteiger partial charge is 0.264 e. The van der Waals surface area contributed by atoms with Crippen molar-refractivity contribution < 1.29 is 42.6 Å². The summed E-state index contributed by atoms with van der Waals surface area (Å²) in [4.78, 5) is 62.8. The zero-order valence-electron chi connectivity index (χ0n) is 22.5. The van der Waals surface area contributed by atoms with Gasteiger partial charge in [0.2, 0.25) is 11.8 Å². The van der Waals surface area contributed by atoms with Crippen molar-refractivity contribution in [1.82, 2.24) is 15.5 Å². The number of ether oxygens (including phenoxy) is 3. The molecule has 1 saturated heterocycles. The summed E-state index contributed by atoms with van der Waals surface area (Å²) >= 11 is 0. The van der Waals surface area contributed by atoms with Gasteiger partial charge in [-0.05, 0) is 43.2 Å². The van der Waals surface area contributed by atoms with Gasteiger partial charge in [0, 0.05) is 38.4 Å². The van der Waals surface area contributed by atoms with Crippen molar-refractivity contribution in [3.63, 3.8) is 0 Å². The Balaban J connectivity index is 1.12. The van der Waals surface area contributed by atoms with Crippen LogP contribution in [0.1, 0.15) is 50.3 Å². The van der Waals surface area contributed by atoms with Gasteiger partial charge in [-0.25, -0.2) is 4.39 Å². The van der Waals surface area contributed by atoms with E-state index in [0.717, 1.165) is 4.90 Å². The van der Waals surface area contributed by atoms with Crippen LogP contribution in [0.4, 0.5) is 10.1 Å². The topological polar surface area (TPSA) is 152 Å². The third-order valence-electron chi connectivity index (χ3n) is 6.56. The number of amides is 5. The van der Waals surface area contributed by atoms with Crippen LogP contribution in [0.25, 0.3) is 0 Å². The summed E-state index contributed by atoms with van der Waals surface area (Å²) in [5.74, 6) is -3.03. The lowest BCUT2D eigenvalue weighted by Crippen LogP contribution is -2.54. The first-order valence-electron chi connectivity index (χ1n) is 13.2. The van der Waals surface area contributed by atoms with Gasteiger partial charge in [0.25, 0.3) is 17.7 Å². The Labute approximate surface area is 235 Å². The Morgan fingerprint density at radius 1 is 1.02 bits per heavy atom. The molecule has 13 heteroatoms. The second-order valence-corrected chi connectivity index (χ2v) is 9.28. The Hall–Kier alpha value is -4.36. The maximum Gasteiger partial charge on any atom is 0.264 e. The summed E-state index contributed by atoms with van der Waals surface area (Å²) in [6, 6.07) is 7.77. The van der Waals surface area contributed by atoms with Crippen molar-refractivity contribution in [1.29, 1.82) is 0 Å². The quantitative estimate of drug-likeness (QED) is 0.227. The monoisotopic (exact) mass is 570 g/mol. The summed E-state index contributed by atoms with van der Waals surface area (Å²) in [7, 11) is 1.43. The highest BCUT2D eigenvalue weighted by Crippen LogP contribution is 2.32. The molecule has 2 heterocycles. The maximum absolute atomic E-state index is 13.8. The molecule has 2 aromatic carbocycles. The van der Waals surface area contributed by atoms with Gasteiger partial charge < -0.3 is 24.8 Å². The Kier molecular flexibility index (Phi) is 9.98. The van der Waals surface area contributed by atoms with Crippen LogP contribution in [0.15, 0.2) is 36.4 Å². The molecule has 0 bridgehead atoms. The highest BCUT2D eigenvalue weighted by atomic mass is 19.1. The molecule has 0 radical (unpaired) electrons. The van der Waals surface area contributed by atoms with Gasteiger partial charge in [0.05, 0.1) is 37.0 Å². The summed E-state index contributed by atoms with van der Waals surface area (Å²) < 4.78 is 29.9. The highest BCUT2D eigenvalue weighted by molar-refractivity contribution is 6.25. The van der Waals surface area contributed by atoms with Crippen molar-refractivity contribution in [2.75, 3.05) is 51.9 Å². The van der Waals surface area contributed by atoms with Crippen LogP contribution in [0.5, 0.6) is 5.75 Å². The van der Waals surface area contributed by atoms with E-state index in [0.29, 0.717) is 44.2 Å². The average molecular weight is 571 g/mol. The number of benzene rings is 2. The molecule has 2 aromatic rings. The van der Waals surface area contributed by atoms with Crippen LogP contribution >= 0.6 is 0 Å². The molecular weight excluding hydrogens is 539 g/mol. The predicted octanol–water partition coefficient (Wildman–Crippen LogP) is 1.50. The number of fused-ring (bicyclic) bond motifs is 1. The van der Waals surface area contributed by atoms with Gasteiger partial charge in [0.1, 0.15) is 17.6 Å². The van der Waals surface area contributed by atoms with Gasteiger partial charge in [-0.2, -0.15) is 0 Å². The summed E-state index contributed by atoms with van der Waals surface area (Å²) in [6.45, 7) is 1.96. The fourth-order valence-corrected chi connectivity index (χ4v) is 4.52. The molecule has 218 valence electrons. The zero-order chi connectivity index (χ0) is 29.4. The number of nitrogens with one attached hydrogen (secondary N) is 3. The van der Waals surface area contributed by atoms with E-state index in [4.69, 9.17) is 14.2 Å². The number of methoxy groups -OCH3 is 1. The van der Waals surface area contributed by atoms with Crippen molar-refractivity contribution in [3.8, 4) is 5.75 Å². The first kappa shape index (κ1) is 29.6. The first-order chi connectivity index (χ1) is 19.8. The van der Waals surface area contributed by atoms with Gasteiger partial charge in [0.15, 0.2) is 0 Å². The second-order valence-electron chi connectivity index (χ2n) is 9.28. The first-order valence-corrected chi connectivity index (χ1v) is 13.2. The Morgan fingerprint density at radius 3 is 2.51 bits per heavy atom. The minimum absolute atomic E-state index is 0.0549. The SMILES string of the molecule is COc1ccc(F)c(C(=O)NCCOCCCOCCNc2cccc3c2C(=O)N(C2CCC(=O)NC2=O)C3=O)c1. The van der Waals surface area contributed by atoms with E-state index in [1.807, 2.05) is 0 Å². The molecule has 0 aliphatic carbocycles. The van der Waals surface area contributed by atoms with Crippen LogP contribution in [-0.4, -0.2) is 87.1 Å². The van der Waals surface area contributed by atoms with Crippen molar-refractivity contribution in [3.05, 3.63) is 58.9 Å². The molecule has 41 heavy (non-hydrogen) atoms. The van der Waals surface area contributed by atoms with Crippen molar-refractivity contribution in [2.45, 2.75) is 25.3 Å². The Bertz CT molecular complexity index is 1330. The minimum atomic E-state index is -1.02. The summed E-state index contributed by atoms with van der Waals surface area (Å²) in [5.41, 5.74) is 0.747. The number of anilines is 1. The molecular formula is C28H31FN4O8. The Morgan fingerprint density at radius 2 is 1.78 bits per heavy atom. The summed E-state index contributed by atoms with van der Waals surface area (Å²) in [5, 5.41) is 7.88. The van der Waals surface area contributed by atoms with E-state index in [1.165, 1.54) is 31.4 Å². The molecule has 1 unspecified atom stereocenters. The minimum Gasteiger partial charge on any atom is -0.497 e. The van der Waals surface area contributed by atoms with E-state index in [-0.39, 0.29) is 42.7 Å². The lowest BCUT2D eigenvalue weighted by Gasteiger charge is -2.27. The van der Waals surface area contributed by atoms with E-state index in [1.54, 1.807) is 12.1 Å². The van der Waals surface area contributed by atoms with Crippen LogP contribution in [0.2, 0.25) is 0 Å². The normalized spacial score (nSPS) is 16.4. The number of hydrogen-bond donors (Lipinski definition) is 3. The van der Waals surface area contributed by atoms with E-state index >= 15 is 0 Å². The number of hydrogen-bond acceptors (Lipinski definition) is 9. The van der Waals surface area contributed by atoms with Crippen LogP contribution < -0.4 is 20.7 Å². The lowest BCUT2D eigenvalue weighted by molar-refractivity contribution is -0.136. The molecule has 4 rings (SSSR count). The van der Waals surface area contributed by atoms with E-state index in [2.05, 4.69) is 16.0 Å². The average Bonchev–Trinajstić information content (AvgIpc) is 3.21. The number of halogens is 1. The van der Waals surface area contributed by atoms with Gasteiger partial charge >= 0.3 is 0 Å². The second kappa shape index (κ2) is 13.8. The number of imide groups is 2. The third-order valence-corrected chi connectivity index (χ3v) is 6.56. The van der Waals surface area contributed by atoms with Crippen LogP contribution in [0, 0.1) is 5.82 Å². The lowest BCUT2D eigenvalue weighted by atomic mass is 10.0. The molecule has 0 saturated carbocycles. The predicted molar refractivity (Wildman–Crippen MR) is 143 cm³/mol. The standard InChI is InChI=1S/C28H31FN4O8/c1-39-17-6-7-20(29)19(16-17)25(35)31-11-15-41-13-3-12-40-14-10-30-21-5-2-4-18-24(21)28(38)33(27(18)37)22-8-9-23(34)32-26(22)36/h2,4-7,16,22,30H,3,8-15H2,1H3,(H,31,35)(H,32,34,36). The molecule has 3 N–H and O–H groups in total. The highest BCUT2D eigenvalue weighted by Gasteiger charge is 2.45. The third kappa shape index (κ3) is 7.05. The van der Waals surface area contributed by atoms with Crippen molar-refractivity contribution in [2.24, 2.45) is 0 Å². The van der Waals surface area contributed by atoms with Gasteiger partial charge in [-0.1, -0.05) is 6.07 Å². The van der Waals surface area contributed by atoms with Crippen LogP contribution in [0.3, 0.4) is 0 Å². The number of nitrogens with zero attached hydrogens (tertiary/aromatic N) is 1. The van der Waals surface area contributed by atoms with Crippen molar-refractivity contribution >= 4 is 35.2 Å². The molecule has 2 aliphatic rings. The van der Waals surface area contributed by atoms with Crippen LogP contribution in [-0.2, 0) is 19.1 Å². The maximum atomic E-state index is 13.8. The number of carbonyl (C=O) groups excluding carboxylic acids is 5. The molecule has 0 aromatic heterocycles. The molecule has 1 fully saturated rings. The molecule has 12 nitrogen and oxygen atoms in total.